The maximum atomic E-state index is 6.86. The number of nitrogens with zero attached hydrogens (tertiary/aromatic N) is 2. The van der Waals surface area contributed by atoms with E-state index in [1.54, 1.807) is 11.1 Å². The van der Waals surface area contributed by atoms with Crippen LogP contribution in [0.3, 0.4) is 0 Å². The van der Waals surface area contributed by atoms with Crippen LogP contribution < -0.4 is 0 Å². The third kappa shape index (κ3) is 5.59. The van der Waals surface area contributed by atoms with Gasteiger partial charge in [-0.25, -0.2) is 9.97 Å². The standard InChI is InChI=1S/C61H48N2O/c1-60(2)51-25-15-21-43(57(51)49-36-53-47(35-52(49)60)44-20-10-11-24-50(44)61(53)32-12-5-13-33-61)42-30-31-56-48(34-42)45-22-14-23-46(58(45)64-56)55-37-54(62-59(63-55)41-18-8-4-9-19-41)40-28-26-39(27-29-40)38-16-6-3-7-17-38/h3-4,6-11,14-31,34-37,47,53H,5,12-13,32-33H2,1-2H3. The van der Waals surface area contributed by atoms with Crippen LogP contribution in [0, 0.1) is 5.92 Å². The van der Waals surface area contributed by atoms with Gasteiger partial charge in [0.25, 0.3) is 0 Å². The van der Waals surface area contributed by atoms with E-state index in [2.05, 4.69) is 178 Å². The van der Waals surface area contributed by atoms with Gasteiger partial charge in [0.1, 0.15) is 11.2 Å². The minimum Gasteiger partial charge on any atom is -0.455 e. The predicted octanol–water partition coefficient (Wildman–Crippen LogP) is 15.9. The maximum absolute atomic E-state index is 6.86. The van der Waals surface area contributed by atoms with E-state index in [1.807, 2.05) is 18.2 Å². The van der Waals surface area contributed by atoms with Crippen molar-refractivity contribution in [3.63, 3.8) is 0 Å². The van der Waals surface area contributed by atoms with Gasteiger partial charge in [0.2, 0.25) is 0 Å². The summed E-state index contributed by atoms with van der Waals surface area (Å²) in [7, 11) is 0. The highest BCUT2D eigenvalue weighted by atomic mass is 16.3. The summed E-state index contributed by atoms with van der Waals surface area (Å²) >= 11 is 0. The molecule has 3 nitrogen and oxygen atoms in total. The van der Waals surface area contributed by atoms with E-state index in [-0.39, 0.29) is 10.8 Å². The van der Waals surface area contributed by atoms with Crippen molar-refractivity contribution in [1.82, 2.24) is 9.97 Å². The molecule has 0 saturated heterocycles. The first-order chi connectivity index (χ1) is 31.4. The molecule has 0 N–H and O–H groups in total. The Bertz CT molecular complexity index is 3380. The largest absolute Gasteiger partial charge is 0.455 e. The van der Waals surface area contributed by atoms with Gasteiger partial charge in [0.05, 0.1) is 11.4 Å². The molecule has 2 atom stereocenters. The number of benzene rings is 7. The molecule has 308 valence electrons. The molecule has 1 saturated carbocycles. The molecule has 2 heterocycles. The maximum Gasteiger partial charge on any atom is 0.160 e. The molecule has 0 amide bonds. The van der Waals surface area contributed by atoms with Crippen LogP contribution in [0.5, 0.6) is 0 Å². The Morgan fingerprint density at radius 1 is 0.516 bits per heavy atom. The highest BCUT2D eigenvalue weighted by molar-refractivity contribution is 6.11. The lowest BCUT2D eigenvalue weighted by molar-refractivity contribution is 0.233. The van der Waals surface area contributed by atoms with Gasteiger partial charge in [-0.1, -0.05) is 191 Å². The Morgan fingerprint density at radius 3 is 1.98 bits per heavy atom. The summed E-state index contributed by atoms with van der Waals surface area (Å²) in [5.41, 5.74) is 20.3. The van der Waals surface area contributed by atoms with Crippen LogP contribution in [-0.2, 0) is 10.8 Å². The zero-order valence-corrected chi connectivity index (χ0v) is 36.3. The summed E-state index contributed by atoms with van der Waals surface area (Å²) in [5.74, 6) is 1.60. The van der Waals surface area contributed by atoms with E-state index >= 15 is 0 Å². The second kappa shape index (κ2) is 14.2. The number of aromatic nitrogens is 2. The monoisotopic (exact) mass is 824 g/mol. The SMILES string of the molecule is CC1(C)C2=CC3c4ccccc4C4(CCCCC4)C3C=C2c2c(-c3ccc4oc5c(-c6cc(-c7ccc(-c8ccccc8)cc7)nc(-c7ccccc7)n6)cccc5c4c3)cccc21. The van der Waals surface area contributed by atoms with Crippen LogP contribution in [-0.4, -0.2) is 9.97 Å². The first kappa shape index (κ1) is 37.5. The fraction of sp³-hybridized carbons (Fsp3) is 0.180. The molecule has 0 radical (unpaired) electrons. The lowest BCUT2D eigenvalue weighted by Crippen LogP contribution is -2.35. The molecule has 3 heteroatoms. The normalized spacial score (nSPS) is 18.9. The fourth-order valence-electron chi connectivity index (χ4n) is 12.3. The van der Waals surface area contributed by atoms with Gasteiger partial charge in [-0.05, 0) is 98.7 Å². The van der Waals surface area contributed by atoms with Crippen LogP contribution in [0.4, 0.5) is 0 Å². The molecule has 1 spiro atoms. The van der Waals surface area contributed by atoms with Gasteiger partial charge in [-0.2, -0.15) is 0 Å². The average molecular weight is 825 g/mol. The third-order valence-electron chi connectivity index (χ3n) is 15.4. The molecule has 2 aromatic heterocycles. The molecule has 2 unspecified atom stereocenters. The van der Waals surface area contributed by atoms with Gasteiger partial charge < -0.3 is 4.42 Å². The van der Waals surface area contributed by atoms with Crippen molar-refractivity contribution in [3.05, 3.63) is 210 Å². The molecule has 9 aromatic rings. The third-order valence-corrected chi connectivity index (χ3v) is 15.4. The lowest BCUT2D eigenvalue weighted by Gasteiger charge is -2.42. The van der Waals surface area contributed by atoms with E-state index in [9.17, 15) is 0 Å². The number of hydrogen-bond donors (Lipinski definition) is 0. The van der Waals surface area contributed by atoms with Crippen LogP contribution in [0.2, 0.25) is 0 Å². The van der Waals surface area contributed by atoms with Gasteiger partial charge in [0.15, 0.2) is 5.82 Å². The van der Waals surface area contributed by atoms with E-state index in [0.717, 1.165) is 50.0 Å². The van der Waals surface area contributed by atoms with Crippen molar-refractivity contribution in [1.29, 1.82) is 0 Å². The summed E-state index contributed by atoms with van der Waals surface area (Å²) in [6.07, 6.45) is 12.0. The molecular weight excluding hydrogens is 777 g/mol. The van der Waals surface area contributed by atoms with Crippen LogP contribution in [0.15, 0.2) is 192 Å². The van der Waals surface area contributed by atoms with Crippen LogP contribution in [0.25, 0.3) is 83.7 Å². The Kier molecular flexibility index (Phi) is 8.31. The molecule has 13 rings (SSSR count). The highest BCUT2D eigenvalue weighted by Gasteiger charge is 2.54. The number of fused-ring (bicyclic) bond motifs is 11. The van der Waals surface area contributed by atoms with E-state index in [4.69, 9.17) is 14.4 Å². The summed E-state index contributed by atoms with van der Waals surface area (Å²) < 4.78 is 6.86. The molecule has 64 heavy (non-hydrogen) atoms. The number of furan rings is 1. The second-order valence-electron chi connectivity index (χ2n) is 19.1. The van der Waals surface area contributed by atoms with Gasteiger partial charge in [-0.15, -0.1) is 0 Å². The Morgan fingerprint density at radius 2 is 1.17 bits per heavy atom. The van der Waals surface area contributed by atoms with Crippen molar-refractivity contribution in [3.8, 4) is 56.2 Å². The Labute approximate surface area is 374 Å². The predicted molar refractivity (Wildman–Crippen MR) is 263 cm³/mol. The van der Waals surface area contributed by atoms with Crippen molar-refractivity contribution >= 4 is 27.5 Å². The molecule has 1 fully saturated rings. The topological polar surface area (TPSA) is 38.9 Å². The summed E-state index contributed by atoms with van der Waals surface area (Å²) in [6.45, 7) is 4.88. The zero-order valence-electron chi connectivity index (χ0n) is 36.3. The molecular formula is C61H48N2O. The molecule has 0 bridgehead atoms. The van der Waals surface area contributed by atoms with E-state index in [1.165, 1.54) is 76.6 Å². The first-order valence-electron chi connectivity index (χ1n) is 23.2. The van der Waals surface area contributed by atoms with E-state index < -0.39 is 0 Å². The average Bonchev–Trinajstić information content (AvgIpc) is 3.94. The number of allylic oxidation sites excluding steroid dienone is 4. The molecule has 7 aromatic carbocycles. The number of para-hydroxylation sites is 1. The minimum atomic E-state index is -0.0975. The van der Waals surface area contributed by atoms with Crippen molar-refractivity contribution < 1.29 is 4.42 Å². The number of hydrogen-bond acceptors (Lipinski definition) is 3. The smallest absolute Gasteiger partial charge is 0.160 e. The van der Waals surface area contributed by atoms with Crippen LogP contribution in [0.1, 0.15) is 74.1 Å². The van der Waals surface area contributed by atoms with Gasteiger partial charge in [-0.3, -0.25) is 0 Å². The van der Waals surface area contributed by atoms with Crippen molar-refractivity contribution in [2.75, 3.05) is 0 Å². The summed E-state index contributed by atoms with van der Waals surface area (Å²) in [5, 5.41) is 2.19. The summed E-state index contributed by atoms with van der Waals surface area (Å²) in [4.78, 5) is 10.4. The van der Waals surface area contributed by atoms with Crippen molar-refractivity contribution in [2.45, 2.75) is 62.7 Å². The minimum absolute atomic E-state index is 0.0975. The Hall–Kier alpha value is -7.10. The molecule has 4 aliphatic rings. The first-order valence-corrected chi connectivity index (χ1v) is 23.2. The van der Waals surface area contributed by atoms with Crippen molar-refractivity contribution in [2.24, 2.45) is 5.92 Å². The number of rotatable bonds is 5. The second-order valence-corrected chi connectivity index (χ2v) is 19.1. The van der Waals surface area contributed by atoms with Crippen LogP contribution >= 0.6 is 0 Å². The molecule has 4 aliphatic carbocycles. The quantitative estimate of drug-likeness (QED) is 0.174. The zero-order chi connectivity index (χ0) is 42.6. The Balaban J connectivity index is 0.929. The fourth-order valence-corrected chi connectivity index (χ4v) is 12.3. The highest BCUT2D eigenvalue weighted by Crippen LogP contribution is 2.64. The lowest BCUT2D eigenvalue weighted by atomic mass is 9.62. The molecule has 0 aliphatic heterocycles. The van der Waals surface area contributed by atoms with Gasteiger partial charge >= 0.3 is 0 Å². The summed E-state index contributed by atoms with van der Waals surface area (Å²) in [6, 6.07) is 61.3. The van der Waals surface area contributed by atoms with Gasteiger partial charge in [0, 0.05) is 44.2 Å². The van der Waals surface area contributed by atoms with E-state index in [0.29, 0.717) is 17.7 Å².